The van der Waals surface area contributed by atoms with Crippen LogP contribution in [0.2, 0.25) is 0 Å². The van der Waals surface area contributed by atoms with Crippen molar-refractivity contribution in [2.75, 3.05) is 39.4 Å². The largest absolute Gasteiger partial charge is 0.378 e. The molecule has 4 rings (SSSR count). The molecule has 0 aliphatic carbocycles. The normalized spacial score (nSPS) is 18.2. The van der Waals surface area contributed by atoms with Gasteiger partial charge in [-0.25, -0.2) is 4.79 Å². The first kappa shape index (κ1) is 23.7. The Balaban J connectivity index is 1.55. The second-order valence-corrected chi connectivity index (χ2v) is 8.56. The summed E-state index contributed by atoms with van der Waals surface area (Å²) in [7, 11) is 0. The van der Waals surface area contributed by atoms with Crippen molar-refractivity contribution in [3.05, 3.63) is 70.8 Å². The lowest BCUT2D eigenvalue weighted by molar-refractivity contribution is -0.128. The number of morpholine rings is 1. The molecule has 0 aromatic heterocycles. The molecule has 0 spiro atoms. The van der Waals surface area contributed by atoms with E-state index in [0.29, 0.717) is 38.4 Å². The molecule has 2 aromatic rings. The maximum Gasteiger partial charge on any atom is 0.322 e. The topological polar surface area (TPSA) is 108 Å². The quantitative estimate of drug-likeness (QED) is 0.692. The second kappa shape index (κ2) is 10.7. The molecule has 0 bridgehead atoms. The molecule has 2 aliphatic heterocycles. The lowest BCUT2D eigenvalue weighted by atomic mass is 10.1. The van der Waals surface area contributed by atoms with Crippen molar-refractivity contribution in [3.8, 4) is 0 Å². The van der Waals surface area contributed by atoms with Gasteiger partial charge in [0.1, 0.15) is 0 Å². The van der Waals surface area contributed by atoms with Gasteiger partial charge in [0.2, 0.25) is 0 Å². The third kappa shape index (κ3) is 5.21. The maximum absolute atomic E-state index is 13.4. The van der Waals surface area contributed by atoms with E-state index >= 15 is 0 Å². The number of hydrogen-bond donors (Lipinski definition) is 2. The van der Waals surface area contributed by atoms with E-state index in [1.54, 1.807) is 17.0 Å². The highest BCUT2D eigenvalue weighted by molar-refractivity contribution is 5.99. The van der Waals surface area contributed by atoms with Crippen LogP contribution < -0.4 is 11.1 Å². The number of nitrogens with one attached hydrogen (secondary N) is 1. The summed E-state index contributed by atoms with van der Waals surface area (Å²) in [5, 5.41) is 2.91. The van der Waals surface area contributed by atoms with E-state index < -0.39 is 12.1 Å². The fraction of sp³-hybridized carbons (Fsp3) is 0.400. The Labute approximate surface area is 199 Å². The molecule has 2 fully saturated rings. The fourth-order valence-electron chi connectivity index (χ4n) is 4.27. The van der Waals surface area contributed by atoms with Gasteiger partial charge in [-0.15, -0.1) is 0 Å². The van der Waals surface area contributed by atoms with Crippen LogP contribution in [0.3, 0.4) is 0 Å². The zero-order chi connectivity index (χ0) is 24.1. The molecule has 0 saturated carbocycles. The molecular formula is C25H31N5O4. The predicted molar refractivity (Wildman–Crippen MR) is 127 cm³/mol. The van der Waals surface area contributed by atoms with Crippen molar-refractivity contribution >= 4 is 17.8 Å². The van der Waals surface area contributed by atoms with E-state index in [1.165, 1.54) is 9.80 Å². The highest BCUT2D eigenvalue weighted by Crippen LogP contribution is 2.21. The van der Waals surface area contributed by atoms with Gasteiger partial charge in [-0.2, -0.15) is 0 Å². The first-order chi connectivity index (χ1) is 16.5. The van der Waals surface area contributed by atoms with Crippen LogP contribution in [-0.4, -0.2) is 78.1 Å². The molecule has 4 amide bonds. The molecule has 2 aromatic carbocycles. The number of carbonyl (C=O) groups is 3. The molecule has 9 heteroatoms. The van der Waals surface area contributed by atoms with Crippen LogP contribution in [0.5, 0.6) is 0 Å². The Hall–Kier alpha value is -3.43. The molecule has 2 heterocycles. The molecular weight excluding hydrogens is 434 g/mol. The van der Waals surface area contributed by atoms with Crippen molar-refractivity contribution in [3.63, 3.8) is 0 Å². The molecule has 34 heavy (non-hydrogen) atoms. The van der Waals surface area contributed by atoms with Gasteiger partial charge in [-0.3, -0.25) is 14.5 Å². The van der Waals surface area contributed by atoms with Gasteiger partial charge in [0, 0.05) is 44.8 Å². The zero-order valence-electron chi connectivity index (χ0n) is 19.4. The predicted octanol–water partition coefficient (Wildman–Crippen LogP) is 1.31. The van der Waals surface area contributed by atoms with E-state index in [0.717, 1.165) is 16.7 Å². The summed E-state index contributed by atoms with van der Waals surface area (Å²) in [5.74, 6) is -0.666. The number of benzene rings is 2. The van der Waals surface area contributed by atoms with E-state index in [2.05, 4.69) is 5.32 Å². The van der Waals surface area contributed by atoms with Gasteiger partial charge >= 0.3 is 6.03 Å². The lowest BCUT2D eigenvalue weighted by Crippen LogP contribution is -2.57. The fourth-order valence-corrected chi connectivity index (χ4v) is 4.27. The minimum Gasteiger partial charge on any atom is -0.378 e. The molecule has 2 saturated heterocycles. The van der Waals surface area contributed by atoms with Crippen LogP contribution in [0.15, 0.2) is 48.5 Å². The van der Waals surface area contributed by atoms with Crippen LogP contribution in [0.4, 0.5) is 4.79 Å². The summed E-state index contributed by atoms with van der Waals surface area (Å²) in [6, 6.07) is 14.6. The van der Waals surface area contributed by atoms with Gasteiger partial charge in [-0.05, 0) is 30.2 Å². The Morgan fingerprint density at radius 2 is 1.65 bits per heavy atom. The van der Waals surface area contributed by atoms with Gasteiger partial charge in [0.15, 0.2) is 6.17 Å². The second-order valence-electron chi connectivity index (χ2n) is 8.56. The standard InChI is InChI=1S/C25H31N5O4/c1-18-5-7-21(8-6-18)24(32)29-9-10-30(25(33)28-11-13-34-14-12-28)23(29)22(31)27-17-20-4-2-3-19(15-20)16-26/h2-8,15,23H,9-14,16-17,26H2,1H3,(H,27,31). The van der Waals surface area contributed by atoms with Crippen LogP contribution in [0, 0.1) is 6.92 Å². The third-order valence-corrected chi connectivity index (χ3v) is 6.19. The monoisotopic (exact) mass is 465 g/mol. The molecule has 9 nitrogen and oxygen atoms in total. The van der Waals surface area contributed by atoms with E-state index in [-0.39, 0.29) is 31.6 Å². The Morgan fingerprint density at radius 1 is 0.971 bits per heavy atom. The van der Waals surface area contributed by atoms with Crippen molar-refractivity contribution < 1.29 is 19.1 Å². The number of urea groups is 1. The van der Waals surface area contributed by atoms with Crippen LogP contribution >= 0.6 is 0 Å². The van der Waals surface area contributed by atoms with Gasteiger partial charge in [0.05, 0.1) is 13.2 Å². The van der Waals surface area contributed by atoms with Crippen molar-refractivity contribution in [2.45, 2.75) is 26.2 Å². The van der Waals surface area contributed by atoms with E-state index in [1.807, 2.05) is 43.3 Å². The smallest absolute Gasteiger partial charge is 0.322 e. The zero-order valence-corrected chi connectivity index (χ0v) is 19.4. The summed E-state index contributed by atoms with van der Waals surface area (Å²) < 4.78 is 5.35. The minimum absolute atomic E-state index is 0.257. The number of ether oxygens (including phenoxy) is 1. The van der Waals surface area contributed by atoms with Crippen molar-refractivity contribution in [2.24, 2.45) is 5.73 Å². The molecule has 3 N–H and O–H groups in total. The SMILES string of the molecule is Cc1ccc(C(=O)N2CCN(C(=O)N3CCOCC3)C2C(=O)NCc2cccc(CN)c2)cc1. The van der Waals surface area contributed by atoms with Gasteiger partial charge < -0.3 is 25.6 Å². The highest BCUT2D eigenvalue weighted by Gasteiger charge is 2.44. The Kier molecular flexibility index (Phi) is 7.44. The minimum atomic E-state index is -1.03. The Bertz CT molecular complexity index is 1040. The number of hydrogen-bond acceptors (Lipinski definition) is 5. The molecule has 1 unspecified atom stereocenters. The highest BCUT2D eigenvalue weighted by atomic mass is 16.5. The van der Waals surface area contributed by atoms with Crippen LogP contribution in [-0.2, 0) is 22.6 Å². The molecule has 180 valence electrons. The number of nitrogens with zero attached hydrogens (tertiary/aromatic N) is 3. The first-order valence-corrected chi connectivity index (χ1v) is 11.5. The van der Waals surface area contributed by atoms with E-state index in [9.17, 15) is 14.4 Å². The summed E-state index contributed by atoms with van der Waals surface area (Å²) in [4.78, 5) is 44.7. The lowest BCUT2D eigenvalue weighted by Gasteiger charge is -2.34. The summed E-state index contributed by atoms with van der Waals surface area (Å²) >= 11 is 0. The number of carbonyl (C=O) groups excluding carboxylic acids is 3. The van der Waals surface area contributed by atoms with Crippen molar-refractivity contribution in [1.82, 2.24) is 20.0 Å². The summed E-state index contributed by atoms with van der Waals surface area (Å²) in [5.41, 5.74) is 9.11. The average molecular weight is 466 g/mol. The number of amides is 4. The summed E-state index contributed by atoms with van der Waals surface area (Å²) in [6.45, 7) is 5.03. The molecule has 0 radical (unpaired) electrons. The van der Waals surface area contributed by atoms with Crippen LogP contribution in [0.1, 0.15) is 27.0 Å². The number of rotatable bonds is 5. The third-order valence-electron chi connectivity index (χ3n) is 6.19. The first-order valence-electron chi connectivity index (χ1n) is 11.5. The van der Waals surface area contributed by atoms with Gasteiger partial charge in [0.25, 0.3) is 11.8 Å². The van der Waals surface area contributed by atoms with Crippen LogP contribution in [0.25, 0.3) is 0 Å². The number of nitrogens with two attached hydrogens (primary N) is 1. The average Bonchev–Trinajstić information content (AvgIpc) is 3.33. The molecule has 2 aliphatic rings. The van der Waals surface area contributed by atoms with Gasteiger partial charge in [-0.1, -0.05) is 42.0 Å². The number of aryl methyl sites for hydroxylation is 1. The maximum atomic E-state index is 13.4. The van der Waals surface area contributed by atoms with E-state index in [4.69, 9.17) is 10.5 Å². The molecule has 1 atom stereocenters. The summed E-state index contributed by atoms with van der Waals surface area (Å²) in [6.07, 6.45) is -1.03. The Morgan fingerprint density at radius 3 is 2.35 bits per heavy atom. The van der Waals surface area contributed by atoms with Crippen molar-refractivity contribution in [1.29, 1.82) is 0 Å².